The molecule has 42 heavy (non-hydrogen) atoms. The number of ether oxygens (including phenoxy) is 1. The number of piperidine rings is 4. The third-order valence-electron chi connectivity index (χ3n) is 10.7. The van der Waals surface area contributed by atoms with Gasteiger partial charge in [0.1, 0.15) is 6.61 Å². The Hall–Kier alpha value is -1.18. The van der Waals surface area contributed by atoms with Crippen molar-refractivity contribution in [3.63, 3.8) is 0 Å². The minimum Gasteiger partial charge on any atom is -0.368 e. The van der Waals surface area contributed by atoms with Gasteiger partial charge in [0, 0.05) is 51.7 Å². The van der Waals surface area contributed by atoms with Gasteiger partial charge < -0.3 is 24.3 Å². The number of rotatable bonds is 10. The van der Waals surface area contributed by atoms with Crippen molar-refractivity contribution >= 4 is 11.8 Å². The first-order chi connectivity index (χ1) is 20.2. The van der Waals surface area contributed by atoms with Gasteiger partial charge in [-0.15, -0.1) is 0 Å². The number of carbonyl (C=O) groups is 2. The predicted molar refractivity (Wildman–Crippen MR) is 173 cm³/mol. The third-order valence-corrected chi connectivity index (χ3v) is 10.7. The van der Waals surface area contributed by atoms with Crippen molar-refractivity contribution in [3.8, 4) is 0 Å². The van der Waals surface area contributed by atoms with Crippen LogP contribution >= 0.6 is 0 Å². The van der Waals surface area contributed by atoms with Crippen molar-refractivity contribution in [2.75, 3.05) is 65.5 Å². The number of likely N-dealkylation sites (tertiary alicyclic amines) is 4. The lowest BCUT2D eigenvalue weighted by Crippen LogP contribution is -2.42. The first-order valence-corrected chi connectivity index (χ1v) is 17.8. The molecule has 244 valence electrons. The zero-order valence-electron chi connectivity index (χ0n) is 28.3. The highest BCUT2D eigenvalue weighted by molar-refractivity contribution is 5.77. The molecule has 0 unspecified atom stereocenters. The highest BCUT2D eigenvalue weighted by Gasteiger charge is 2.28. The molecule has 7 heteroatoms. The molecule has 4 aliphatic heterocycles. The Kier molecular flexibility index (Phi) is 15.6. The minimum absolute atomic E-state index is 0.195. The molecule has 7 nitrogen and oxygen atoms in total. The molecule has 4 saturated heterocycles. The topological polar surface area (TPSA) is 56.3 Å². The van der Waals surface area contributed by atoms with Gasteiger partial charge in [-0.25, -0.2) is 0 Å². The average molecular weight is 591 g/mol. The lowest BCUT2D eigenvalue weighted by Gasteiger charge is -2.37. The predicted octanol–water partition coefficient (Wildman–Crippen LogP) is 5.92. The van der Waals surface area contributed by atoms with E-state index in [0.29, 0.717) is 17.9 Å². The number of hydrogen-bond acceptors (Lipinski definition) is 5. The molecule has 4 heterocycles. The molecular formula is C35H66N4O3. The van der Waals surface area contributed by atoms with Crippen LogP contribution in [0.4, 0.5) is 0 Å². The molecule has 0 saturated carbocycles. The van der Waals surface area contributed by atoms with Crippen LogP contribution in [0.2, 0.25) is 0 Å². The zero-order valence-corrected chi connectivity index (χ0v) is 28.3. The third kappa shape index (κ3) is 11.7. The molecule has 0 aliphatic carbocycles. The quantitative estimate of drug-likeness (QED) is 0.316. The summed E-state index contributed by atoms with van der Waals surface area (Å²) < 4.78 is 5.86. The van der Waals surface area contributed by atoms with Crippen LogP contribution < -0.4 is 0 Å². The van der Waals surface area contributed by atoms with E-state index in [2.05, 4.69) is 56.2 Å². The fourth-order valence-corrected chi connectivity index (χ4v) is 7.35. The van der Waals surface area contributed by atoms with Gasteiger partial charge in [-0.05, 0) is 115 Å². The van der Waals surface area contributed by atoms with Crippen LogP contribution in [0.25, 0.3) is 0 Å². The first-order valence-electron chi connectivity index (χ1n) is 17.8. The standard InChI is InChI=1S/C18H34N2O.C17H32N2O2/c1-14(2)17-7-11-20(12-8-17)18(21)13-16-5-9-19(10-6-16)15(3)4;1-3-9-18-10-7-16(8-11-18)21-14-17(20)19-12-5-15(4-2)6-13-19/h14-17H,5-13H2,1-4H3;15-16H,3-14H2,1-2H3. The van der Waals surface area contributed by atoms with Gasteiger partial charge in [0.2, 0.25) is 11.8 Å². The van der Waals surface area contributed by atoms with E-state index in [-0.39, 0.29) is 18.6 Å². The number of hydrogen-bond donors (Lipinski definition) is 0. The lowest BCUT2D eigenvalue weighted by molar-refractivity contribution is -0.140. The van der Waals surface area contributed by atoms with E-state index in [0.717, 1.165) is 89.1 Å². The minimum atomic E-state index is 0.195. The van der Waals surface area contributed by atoms with E-state index >= 15 is 0 Å². The summed E-state index contributed by atoms with van der Waals surface area (Å²) in [7, 11) is 0. The molecule has 0 N–H and O–H groups in total. The molecule has 4 fully saturated rings. The van der Waals surface area contributed by atoms with Crippen molar-refractivity contribution < 1.29 is 14.3 Å². The highest BCUT2D eigenvalue weighted by atomic mass is 16.5. The van der Waals surface area contributed by atoms with Gasteiger partial charge in [0.15, 0.2) is 0 Å². The van der Waals surface area contributed by atoms with E-state index in [1.165, 1.54) is 58.2 Å². The maximum Gasteiger partial charge on any atom is 0.248 e. The summed E-state index contributed by atoms with van der Waals surface area (Å²) in [4.78, 5) is 33.8. The highest BCUT2D eigenvalue weighted by Crippen LogP contribution is 2.27. The van der Waals surface area contributed by atoms with Crippen molar-refractivity contribution in [3.05, 3.63) is 0 Å². The maximum absolute atomic E-state index is 12.5. The molecule has 4 rings (SSSR count). The lowest BCUT2D eigenvalue weighted by atomic mass is 9.86. The normalized spacial score (nSPS) is 23.0. The summed E-state index contributed by atoms with van der Waals surface area (Å²) in [5.41, 5.74) is 0. The van der Waals surface area contributed by atoms with Crippen LogP contribution in [0.1, 0.15) is 112 Å². The first kappa shape index (κ1) is 35.3. The second-order valence-corrected chi connectivity index (χ2v) is 14.3. The van der Waals surface area contributed by atoms with Crippen molar-refractivity contribution in [1.82, 2.24) is 19.6 Å². The van der Waals surface area contributed by atoms with Crippen molar-refractivity contribution in [2.45, 2.75) is 124 Å². The van der Waals surface area contributed by atoms with Gasteiger partial charge in [-0.3, -0.25) is 9.59 Å². The molecule has 0 spiro atoms. The fraction of sp³-hybridized carbons (Fsp3) is 0.943. The summed E-state index contributed by atoms with van der Waals surface area (Å²) in [5.74, 6) is 3.64. The van der Waals surface area contributed by atoms with Crippen LogP contribution in [-0.4, -0.2) is 109 Å². The van der Waals surface area contributed by atoms with Crippen LogP contribution in [0.5, 0.6) is 0 Å². The van der Waals surface area contributed by atoms with Crippen LogP contribution in [0, 0.1) is 23.7 Å². The molecule has 0 aromatic rings. The smallest absolute Gasteiger partial charge is 0.248 e. The number of carbonyl (C=O) groups excluding carboxylic acids is 2. The summed E-state index contributed by atoms with van der Waals surface area (Å²) in [6, 6.07) is 0.650. The Bertz CT molecular complexity index is 758. The molecule has 0 aromatic heterocycles. The van der Waals surface area contributed by atoms with Gasteiger partial charge in [0.05, 0.1) is 6.10 Å². The van der Waals surface area contributed by atoms with Crippen LogP contribution in [0.3, 0.4) is 0 Å². The Morgan fingerprint density at radius 3 is 1.76 bits per heavy atom. The van der Waals surface area contributed by atoms with E-state index in [9.17, 15) is 9.59 Å². The molecular weight excluding hydrogens is 524 g/mol. The van der Waals surface area contributed by atoms with E-state index in [1.54, 1.807) is 0 Å². The maximum atomic E-state index is 12.5. The molecule has 0 radical (unpaired) electrons. The summed E-state index contributed by atoms with van der Waals surface area (Å²) in [6.45, 7) is 23.5. The Balaban J connectivity index is 0.000000230. The van der Waals surface area contributed by atoms with Crippen LogP contribution in [-0.2, 0) is 14.3 Å². The molecule has 2 amide bonds. The molecule has 4 aliphatic rings. The Morgan fingerprint density at radius 1 is 0.690 bits per heavy atom. The van der Waals surface area contributed by atoms with Gasteiger partial charge in [-0.1, -0.05) is 34.1 Å². The molecule has 0 aromatic carbocycles. The monoisotopic (exact) mass is 591 g/mol. The fourth-order valence-electron chi connectivity index (χ4n) is 7.35. The second kappa shape index (κ2) is 18.6. The average Bonchev–Trinajstić information content (AvgIpc) is 3.01. The largest absolute Gasteiger partial charge is 0.368 e. The zero-order chi connectivity index (χ0) is 30.5. The van der Waals surface area contributed by atoms with E-state index in [4.69, 9.17) is 4.74 Å². The Morgan fingerprint density at radius 2 is 1.24 bits per heavy atom. The van der Waals surface area contributed by atoms with E-state index < -0.39 is 0 Å². The summed E-state index contributed by atoms with van der Waals surface area (Å²) in [6.07, 6.45) is 12.8. The van der Waals surface area contributed by atoms with Crippen molar-refractivity contribution in [2.24, 2.45) is 23.7 Å². The molecule has 0 bridgehead atoms. The van der Waals surface area contributed by atoms with Gasteiger partial charge in [-0.2, -0.15) is 0 Å². The molecule has 0 atom stereocenters. The SMILES string of the molecule is CC(C)C1CCN(C(=O)CC2CCN(C(C)C)CC2)CC1.CCCN1CCC(OCC(=O)N2CCC(CC)CC2)CC1. The number of amides is 2. The van der Waals surface area contributed by atoms with Gasteiger partial charge in [0.25, 0.3) is 0 Å². The summed E-state index contributed by atoms with van der Waals surface area (Å²) >= 11 is 0. The number of nitrogens with zero attached hydrogens (tertiary/aromatic N) is 4. The summed E-state index contributed by atoms with van der Waals surface area (Å²) in [5, 5.41) is 0. The van der Waals surface area contributed by atoms with Crippen LogP contribution in [0.15, 0.2) is 0 Å². The van der Waals surface area contributed by atoms with Gasteiger partial charge >= 0.3 is 0 Å². The second-order valence-electron chi connectivity index (χ2n) is 14.3. The Labute approximate surface area is 259 Å². The van der Waals surface area contributed by atoms with Crippen molar-refractivity contribution in [1.29, 1.82) is 0 Å². The van der Waals surface area contributed by atoms with E-state index in [1.807, 2.05) is 4.90 Å².